The summed E-state index contributed by atoms with van der Waals surface area (Å²) in [7, 11) is 5.44. The first-order valence-corrected chi connectivity index (χ1v) is 7.16. The van der Waals surface area contributed by atoms with E-state index in [2.05, 4.69) is 30.2 Å². The van der Waals surface area contributed by atoms with Crippen LogP contribution in [0.15, 0.2) is 28.9 Å². The highest BCUT2D eigenvalue weighted by molar-refractivity contribution is 5.73. The van der Waals surface area contributed by atoms with Crippen molar-refractivity contribution in [3.05, 3.63) is 29.8 Å². The van der Waals surface area contributed by atoms with Crippen molar-refractivity contribution in [1.29, 1.82) is 0 Å². The number of nitrogens with zero attached hydrogens (tertiary/aromatic N) is 5. The lowest BCUT2D eigenvalue weighted by Gasteiger charge is -2.20. The van der Waals surface area contributed by atoms with E-state index in [1.54, 1.807) is 7.11 Å². The van der Waals surface area contributed by atoms with Crippen LogP contribution in [0.2, 0.25) is 0 Å². The van der Waals surface area contributed by atoms with Crippen LogP contribution in [0.1, 0.15) is 18.5 Å². The summed E-state index contributed by atoms with van der Waals surface area (Å²) in [5, 5.41) is 10.8. The van der Waals surface area contributed by atoms with E-state index >= 15 is 0 Å². The first-order valence-electron chi connectivity index (χ1n) is 7.16. The maximum Gasteiger partial charge on any atom is 0.245 e. The normalized spacial score (nSPS) is 12.2. The second-order valence-corrected chi connectivity index (χ2v) is 5.34. The number of anilines is 2. The van der Waals surface area contributed by atoms with Crippen LogP contribution in [0.5, 0.6) is 5.75 Å². The molecule has 0 fully saturated rings. The molecule has 23 heavy (non-hydrogen) atoms. The molecule has 2 heterocycles. The fourth-order valence-electron chi connectivity index (χ4n) is 2.24. The van der Waals surface area contributed by atoms with Gasteiger partial charge in [-0.2, -0.15) is 0 Å². The molecular formula is C15H18N6O2. The molecule has 120 valence electrons. The maximum atomic E-state index is 5.27. The minimum absolute atomic E-state index is 0.00964. The minimum Gasteiger partial charge on any atom is -0.497 e. The molecular weight excluding hydrogens is 296 g/mol. The van der Waals surface area contributed by atoms with Gasteiger partial charge >= 0.3 is 0 Å². The Balaban J connectivity index is 1.94. The predicted molar refractivity (Wildman–Crippen MR) is 86.8 cm³/mol. The highest BCUT2D eigenvalue weighted by atomic mass is 16.6. The van der Waals surface area contributed by atoms with Gasteiger partial charge in [0.25, 0.3) is 0 Å². The molecule has 0 aliphatic heterocycles. The largest absolute Gasteiger partial charge is 0.497 e. The average Bonchev–Trinajstić information content (AvgIpc) is 3.01. The van der Waals surface area contributed by atoms with E-state index < -0.39 is 0 Å². The number of hydrogen-bond donors (Lipinski definition) is 1. The number of nitrogens with one attached hydrogen (secondary N) is 1. The molecule has 0 saturated heterocycles. The monoisotopic (exact) mass is 314 g/mol. The number of hydrogen-bond acceptors (Lipinski definition) is 8. The highest BCUT2D eigenvalue weighted by Gasteiger charge is 2.16. The Kier molecular flexibility index (Phi) is 3.96. The Morgan fingerprint density at radius 2 is 1.91 bits per heavy atom. The smallest absolute Gasteiger partial charge is 0.245 e. The van der Waals surface area contributed by atoms with Crippen molar-refractivity contribution >= 4 is 22.9 Å². The van der Waals surface area contributed by atoms with Gasteiger partial charge in [0.15, 0.2) is 11.6 Å². The van der Waals surface area contributed by atoms with Gasteiger partial charge in [0, 0.05) is 14.1 Å². The predicted octanol–water partition coefficient (Wildman–Crippen LogP) is 2.26. The number of rotatable bonds is 5. The molecule has 0 spiro atoms. The summed E-state index contributed by atoms with van der Waals surface area (Å²) < 4.78 is 9.96. The molecule has 0 bridgehead atoms. The zero-order chi connectivity index (χ0) is 16.4. The van der Waals surface area contributed by atoms with Crippen molar-refractivity contribution in [2.45, 2.75) is 13.0 Å². The molecule has 8 nitrogen and oxygen atoms in total. The zero-order valence-electron chi connectivity index (χ0n) is 13.4. The summed E-state index contributed by atoms with van der Waals surface area (Å²) in [4.78, 5) is 10.7. The Morgan fingerprint density at radius 1 is 1.17 bits per heavy atom. The van der Waals surface area contributed by atoms with Crippen LogP contribution in [0.25, 0.3) is 11.3 Å². The standard InChI is InChI=1S/C15H18N6O2/c1-9(10-6-5-7-11(8-10)22-4)16-14-15(21(2)3)18-13-12(17-14)19-23-20-13/h5-9H,1-4H3,(H,16,17,19)/t9-/m1/s1. The summed E-state index contributed by atoms with van der Waals surface area (Å²) in [6.45, 7) is 2.04. The summed E-state index contributed by atoms with van der Waals surface area (Å²) >= 11 is 0. The zero-order valence-corrected chi connectivity index (χ0v) is 13.4. The van der Waals surface area contributed by atoms with E-state index in [4.69, 9.17) is 4.74 Å². The van der Waals surface area contributed by atoms with Crippen molar-refractivity contribution in [2.75, 3.05) is 31.4 Å². The Morgan fingerprint density at radius 3 is 2.61 bits per heavy atom. The van der Waals surface area contributed by atoms with Crippen molar-refractivity contribution in [3.63, 3.8) is 0 Å². The Hall–Kier alpha value is -2.90. The molecule has 1 N–H and O–H groups in total. The number of aromatic nitrogens is 4. The number of ether oxygens (including phenoxy) is 1. The summed E-state index contributed by atoms with van der Waals surface area (Å²) in [5.41, 5.74) is 1.83. The van der Waals surface area contributed by atoms with Gasteiger partial charge in [-0.15, -0.1) is 0 Å². The van der Waals surface area contributed by atoms with Crippen LogP contribution in [-0.4, -0.2) is 41.5 Å². The minimum atomic E-state index is 0.00964. The van der Waals surface area contributed by atoms with Gasteiger partial charge in [-0.25, -0.2) is 14.6 Å². The van der Waals surface area contributed by atoms with Gasteiger partial charge in [0.2, 0.25) is 11.3 Å². The van der Waals surface area contributed by atoms with E-state index in [0.717, 1.165) is 11.3 Å². The third kappa shape index (κ3) is 3.01. The molecule has 0 saturated carbocycles. The lowest BCUT2D eigenvalue weighted by atomic mass is 10.1. The van der Waals surface area contributed by atoms with E-state index in [1.807, 2.05) is 50.2 Å². The number of methoxy groups -OCH3 is 1. The van der Waals surface area contributed by atoms with Crippen LogP contribution < -0.4 is 15.0 Å². The second-order valence-electron chi connectivity index (χ2n) is 5.34. The lowest BCUT2D eigenvalue weighted by Crippen LogP contribution is -2.17. The van der Waals surface area contributed by atoms with E-state index in [1.165, 1.54) is 0 Å². The van der Waals surface area contributed by atoms with Gasteiger partial charge in [-0.05, 0) is 34.9 Å². The van der Waals surface area contributed by atoms with E-state index in [-0.39, 0.29) is 6.04 Å². The molecule has 8 heteroatoms. The number of fused-ring (bicyclic) bond motifs is 1. The molecule has 0 aliphatic rings. The fraction of sp³-hybridized carbons (Fsp3) is 0.333. The van der Waals surface area contributed by atoms with Crippen LogP contribution >= 0.6 is 0 Å². The summed E-state index contributed by atoms with van der Waals surface area (Å²) in [6.07, 6.45) is 0. The van der Waals surface area contributed by atoms with Gasteiger partial charge in [0.05, 0.1) is 13.2 Å². The van der Waals surface area contributed by atoms with E-state index in [0.29, 0.717) is 22.9 Å². The molecule has 3 aromatic rings. The third-order valence-corrected chi connectivity index (χ3v) is 3.47. The van der Waals surface area contributed by atoms with Gasteiger partial charge < -0.3 is 15.0 Å². The van der Waals surface area contributed by atoms with Gasteiger partial charge in [-0.1, -0.05) is 12.1 Å². The van der Waals surface area contributed by atoms with Gasteiger partial charge in [0.1, 0.15) is 5.75 Å². The number of benzene rings is 1. The molecule has 0 unspecified atom stereocenters. The first kappa shape index (κ1) is 15.0. The maximum absolute atomic E-state index is 5.27. The average molecular weight is 314 g/mol. The molecule has 0 amide bonds. The summed E-state index contributed by atoms with van der Waals surface area (Å²) in [6, 6.07) is 7.88. The topological polar surface area (TPSA) is 89.2 Å². The fourth-order valence-corrected chi connectivity index (χ4v) is 2.24. The van der Waals surface area contributed by atoms with Crippen molar-refractivity contribution in [1.82, 2.24) is 20.3 Å². The second kappa shape index (κ2) is 6.07. The van der Waals surface area contributed by atoms with Crippen LogP contribution in [0, 0.1) is 0 Å². The first-order chi connectivity index (χ1) is 11.1. The molecule has 0 aliphatic carbocycles. The molecule has 1 atom stereocenters. The van der Waals surface area contributed by atoms with Crippen LogP contribution in [-0.2, 0) is 0 Å². The molecule has 3 rings (SSSR count). The molecule has 2 aromatic heterocycles. The Bertz CT molecular complexity index is 817. The third-order valence-electron chi connectivity index (χ3n) is 3.47. The quantitative estimate of drug-likeness (QED) is 0.767. The lowest BCUT2D eigenvalue weighted by molar-refractivity contribution is 0.314. The summed E-state index contributed by atoms with van der Waals surface area (Å²) in [5.74, 6) is 2.10. The SMILES string of the molecule is COc1cccc([C@@H](C)Nc2nc3nonc3nc2N(C)C)c1. The highest BCUT2D eigenvalue weighted by Crippen LogP contribution is 2.27. The molecule has 0 radical (unpaired) electrons. The van der Waals surface area contributed by atoms with Gasteiger partial charge in [-0.3, -0.25) is 0 Å². The van der Waals surface area contributed by atoms with Crippen molar-refractivity contribution in [3.8, 4) is 5.75 Å². The van der Waals surface area contributed by atoms with Crippen LogP contribution in [0.3, 0.4) is 0 Å². The van der Waals surface area contributed by atoms with Crippen molar-refractivity contribution in [2.24, 2.45) is 0 Å². The van der Waals surface area contributed by atoms with Crippen LogP contribution in [0.4, 0.5) is 11.6 Å². The van der Waals surface area contributed by atoms with E-state index in [9.17, 15) is 0 Å². The molecule has 1 aromatic carbocycles. The Labute approximate surface area is 133 Å². The van der Waals surface area contributed by atoms with Crippen molar-refractivity contribution < 1.29 is 9.37 Å².